The van der Waals surface area contributed by atoms with Crippen LogP contribution >= 0.6 is 0 Å². The first-order valence-corrected chi connectivity index (χ1v) is 10.4. The molecule has 2 aliphatic heterocycles. The lowest BCUT2D eigenvalue weighted by Gasteiger charge is -2.27. The van der Waals surface area contributed by atoms with Gasteiger partial charge in [-0.2, -0.15) is 0 Å². The van der Waals surface area contributed by atoms with Crippen LogP contribution < -0.4 is 15.8 Å². The summed E-state index contributed by atoms with van der Waals surface area (Å²) in [6.07, 6.45) is 0.184. The van der Waals surface area contributed by atoms with Crippen LogP contribution in [0.1, 0.15) is 33.6 Å². The number of benzene rings is 1. The van der Waals surface area contributed by atoms with E-state index < -0.39 is 29.7 Å². The van der Waals surface area contributed by atoms with Crippen LogP contribution in [0.4, 0.5) is 0 Å². The van der Waals surface area contributed by atoms with Gasteiger partial charge in [-0.1, -0.05) is 6.07 Å². The minimum atomic E-state index is -1.00. The van der Waals surface area contributed by atoms with Crippen LogP contribution in [0, 0.1) is 0 Å². The van der Waals surface area contributed by atoms with Gasteiger partial charge in [0, 0.05) is 26.1 Å². The number of hydrogen-bond donors (Lipinski definition) is 3. The average molecular weight is 464 g/mol. The summed E-state index contributed by atoms with van der Waals surface area (Å²) < 4.78 is 11.2. The lowest BCUT2D eigenvalue weighted by Crippen LogP contribution is -2.54. The molecule has 12 heteroatoms. The zero-order valence-electron chi connectivity index (χ0n) is 18.3. The minimum absolute atomic E-state index is 0.0744. The molecule has 1 fully saturated rings. The molecule has 2 aliphatic rings. The molecule has 12 nitrogen and oxygen atoms in total. The summed E-state index contributed by atoms with van der Waals surface area (Å²) in [5, 5.41) is 9.07. The Kier molecular flexibility index (Phi) is 9.91. The molecular weight excluding hydrogens is 436 g/mol. The Morgan fingerprint density at radius 3 is 2.58 bits per heavy atom. The number of nitrogens with one attached hydrogen (secondary N) is 1. The highest BCUT2D eigenvalue weighted by Gasteiger charge is 2.45. The summed E-state index contributed by atoms with van der Waals surface area (Å²) >= 11 is 0. The molecule has 0 saturated carbocycles. The fourth-order valence-corrected chi connectivity index (χ4v) is 3.47. The fraction of sp³-hybridized carbons (Fsp3) is 0.476. The second-order valence-corrected chi connectivity index (χ2v) is 7.28. The van der Waals surface area contributed by atoms with Crippen LogP contribution in [0.25, 0.3) is 0 Å². The minimum Gasteiger partial charge on any atom is -0.490 e. The van der Waals surface area contributed by atoms with E-state index in [4.69, 9.17) is 25.1 Å². The third kappa shape index (κ3) is 6.57. The van der Waals surface area contributed by atoms with E-state index in [2.05, 4.69) is 10.2 Å². The smallest absolute Gasteiger partial charge is 0.290 e. The number of amides is 4. The third-order valence-electron chi connectivity index (χ3n) is 5.04. The Morgan fingerprint density at radius 1 is 1.18 bits per heavy atom. The molecule has 180 valence electrons. The first kappa shape index (κ1) is 25.9. The number of likely N-dealkylation sites (N-methyl/N-ethyl adjacent to an activating group) is 1. The highest BCUT2D eigenvalue weighted by Crippen LogP contribution is 2.33. The summed E-state index contributed by atoms with van der Waals surface area (Å²) in [6.45, 7) is 2.91. The van der Waals surface area contributed by atoms with Crippen molar-refractivity contribution in [1.82, 2.24) is 15.1 Å². The number of hydrogen-bond acceptors (Lipinski definition) is 9. The van der Waals surface area contributed by atoms with E-state index in [-0.39, 0.29) is 42.8 Å². The molecule has 2 heterocycles. The molecule has 0 radical (unpaired) electrons. The van der Waals surface area contributed by atoms with Crippen LogP contribution in [0.3, 0.4) is 0 Å². The molecule has 1 aromatic carbocycles. The molecular formula is C21H28N4O8. The topological polar surface area (TPSA) is 169 Å². The molecule has 1 atom stereocenters. The van der Waals surface area contributed by atoms with Crippen molar-refractivity contribution in [2.45, 2.75) is 18.9 Å². The summed E-state index contributed by atoms with van der Waals surface area (Å²) in [7, 11) is 1.96. The SMILES string of the molecule is CN(CCN)CCOCCOc1cccc2c1C(=O)N(C1CCC(=O)NC1=O)C2=O.O=CO. The molecule has 0 bridgehead atoms. The molecule has 1 saturated heterocycles. The zero-order valence-corrected chi connectivity index (χ0v) is 18.3. The molecule has 1 unspecified atom stereocenters. The summed E-state index contributed by atoms with van der Waals surface area (Å²) in [6, 6.07) is 3.75. The quantitative estimate of drug-likeness (QED) is 0.223. The molecule has 0 aromatic heterocycles. The Balaban J connectivity index is 0.00000122. The molecule has 1 aromatic rings. The normalized spacial score (nSPS) is 17.4. The number of imide groups is 2. The molecule has 0 aliphatic carbocycles. The maximum atomic E-state index is 12.9. The highest BCUT2D eigenvalue weighted by molar-refractivity contribution is 6.24. The molecule has 33 heavy (non-hydrogen) atoms. The second kappa shape index (κ2) is 12.6. The van der Waals surface area contributed by atoms with Crippen molar-refractivity contribution in [3.63, 3.8) is 0 Å². The summed E-state index contributed by atoms with van der Waals surface area (Å²) in [5.74, 6) is -1.94. The van der Waals surface area contributed by atoms with Gasteiger partial charge in [0.15, 0.2) is 0 Å². The predicted octanol–water partition coefficient (Wildman–Crippen LogP) is -0.925. The fourth-order valence-electron chi connectivity index (χ4n) is 3.47. The summed E-state index contributed by atoms with van der Waals surface area (Å²) in [4.78, 5) is 60.6. The van der Waals surface area contributed by atoms with Crippen molar-refractivity contribution in [3.8, 4) is 5.75 Å². The van der Waals surface area contributed by atoms with Gasteiger partial charge in [-0.25, -0.2) is 0 Å². The lowest BCUT2D eigenvalue weighted by atomic mass is 10.0. The van der Waals surface area contributed by atoms with Gasteiger partial charge >= 0.3 is 0 Å². The highest BCUT2D eigenvalue weighted by atomic mass is 16.5. The van der Waals surface area contributed by atoms with Crippen LogP contribution in [0.5, 0.6) is 5.75 Å². The van der Waals surface area contributed by atoms with Crippen molar-refractivity contribution in [3.05, 3.63) is 29.3 Å². The van der Waals surface area contributed by atoms with Gasteiger partial charge in [0.2, 0.25) is 11.8 Å². The average Bonchev–Trinajstić information content (AvgIpc) is 3.02. The Morgan fingerprint density at radius 2 is 1.91 bits per heavy atom. The number of ether oxygens (including phenoxy) is 2. The monoisotopic (exact) mass is 464 g/mol. The molecule has 4 amide bonds. The van der Waals surface area contributed by atoms with E-state index in [1.165, 1.54) is 6.07 Å². The van der Waals surface area contributed by atoms with Crippen molar-refractivity contribution < 1.29 is 38.6 Å². The van der Waals surface area contributed by atoms with E-state index in [0.717, 1.165) is 18.0 Å². The van der Waals surface area contributed by atoms with Crippen LogP contribution in [0.2, 0.25) is 0 Å². The Labute approximate surface area is 190 Å². The number of nitrogens with zero attached hydrogens (tertiary/aromatic N) is 2. The van der Waals surface area contributed by atoms with Gasteiger partial charge in [0.1, 0.15) is 18.4 Å². The van der Waals surface area contributed by atoms with E-state index in [0.29, 0.717) is 19.8 Å². The van der Waals surface area contributed by atoms with Gasteiger partial charge < -0.3 is 25.2 Å². The van der Waals surface area contributed by atoms with Crippen LogP contribution in [0.15, 0.2) is 18.2 Å². The number of nitrogens with two attached hydrogens (primary N) is 1. The second-order valence-electron chi connectivity index (χ2n) is 7.28. The van der Waals surface area contributed by atoms with Crippen LogP contribution in [-0.4, -0.2) is 97.6 Å². The number of rotatable bonds is 10. The number of fused-ring (bicyclic) bond motifs is 1. The Hall–Kier alpha value is -3.35. The first-order chi connectivity index (χ1) is 15.8. The predicted molar refractivity (Wildman–Crippen MR) is 115 cm³/mol. The molecule has 0 spiro atoms. The van der Waals surface area contributed by atoms with Gasteiger partial charge in [-0.15, -0.1) is 0 Å². The number of piperidine rings is 1. The van der Waals surface area contributed by atoms with Crippen molar-refractivity contribution in [2.75, 3.05) is 46.5 Å². The largest absolute Gasteiger partial charge is 0.490 e. The summed E-state index contributed by atoms with van der Waals surface area (Å²) in [5.41, 5.74) is 5.81. The van der Waals surface area contributed by atoms with Gasteiger partial charge in [0.05, 0.1) is 24.3 Å². The van der Waals surface area contributed by atoms with Gasteiger partial charge in [-0.05, 0) is 25.6 Å². The van der Waals surface area contributed by atoms with Gasteiger partial charge in [0.25, 0.3) is 18.3 Å². The Bertz CT molecular complexity index is 891. The molecule has 3 rings (SSSR count). The third-order valence-corrected chi connectivity index (χ3v) is 5.04. The standard InChI is InChI=1S/C20H26N4O6.CH2O2/c1-23(8-7-21)9-10-29-11-12-30-15-4-2-3-13-17(15)20(28)24(19(13)27)14-5-6-16(25)22-18(14)26;2-1-3/h2-4,14H,5-12,21H2,1H3,(H,22,25,26);1H,(H,2,3). The van der Waals surface area contributed by atoms with Gasteiger partial charge in [-0.3, -0.25) is 34.2 Å². The lowest BCUT2D eigenvalue weighted by molar-refractivity contribution is -0.136. The zero-order chi connectivity index (χ0) is 24.4. The number of carbonyl (C=O) groups excluding carboxylic acids is 4. The first-order valence-electron chi connectivity index (χ1n) is 10.4. The molecule has 4 N–H and O–H groups in total. The van der Waals surface area contributed by atoms with Crippen LogP contribution in [-0.2, 0) is 19.1 Å². The van der Waals surface area contributed by atoms with E-state index in [9.17, 15) is 19.2 Å². The van der Waals surface area contributed by atoms with Crippen molar-refractivity contribution in [2.24, 2.45) is 5.73 Å². The van der Waals surface area contributed by atoms with Crippen molar-refractivity contribution >= 4 is 30.1 Å². The van der Waals surface area contributed by atoms with Crippen molar-refractivity contribution in [1.29, 1.82) is 0 Å². The number of carboxylic acid groups (broad SMARTS) is 1. The number of carbonyl (C=O) groups is 5. The van der Waals surface area contributed by atoms with E-state index in [1.54, 1.807) is 12.1 Å². The maximum absolute atomic E-state index is 12.9. The van der Waals surface area contributed by atoms with E-state index in [1.807, 2.05) is 7.05 Å². The van der Waals surface area contributed by atoms with E-state index >= 15 is 0 Å². The maximum Gasteiger partial charge on any atom is 0.290 e.